The molecule has 2 unspecified atom stereocenters. The minimum atomic E-state index is -0.240. The van der Waals surface area contributed by atoms with Crippen LogP contribution in [0, 0.1) is 6.92 Å². The Hall–Kier alpha value is -0.650. The number of nitrogens with one attached hydrogen (secondary N) is 1. The smallest absolute Gasteiger partial charge is 0.187 e. The van der Waals surface area contributed by atoms with Crippen molar-refractivity contribution in [3.8, 4) is 0 Å². The Balaban J connectivity index is 2.58. The van der Waals surface area contributed by atoms with Gasteiger partial charge in [-0.25, -0.2) is 9.97 Å². The monoisotopic (exact) mass is 255 g/mol. The van der Waals surface area contributed by atoms with E-state index < -0.39 is 0 Å². The molecule has 0 aliphatic carbocycles. The van der Waals surface area contributed by atoms with Crippen molar-refractivity contribution >= 4 is 11.8 Å². The fourth-order valence-corrected chi connectivity index (χ4v) is 2.71. The number of thioether (sulfide) groups is 1. The first-order chi connectivity index (χ1) is 7.99. The molecule has 0 saturated heterocycles. The molecule has 1 rings (SSSR count). The summed E-state index contributed by atoms with van der Waals surface area (Å²) >= 11 is 1.64. The van der Waals surface area contributed by atoms with Gasteiger partial charge in [0.25, 0.3) is 0 Å². The molecule has 2 atom stereocenters. The van der Waals surface area contributed by atoms with Gasteiger partial charge in [0.05, 0.1) is 6.61 Å². The van der Waals surface area contributed by atoms with E-state index >= 15 is 0 Å². The molecule has 0 spiro atoms. The Labute approximate surface area is 107 Å². The van der Waals surface area contributed by atoms with Crippen LogP contribution >= 0.6 is 11.8 Å². The maximum Gasteiger partial charge on any atom is 0.187 e. The lowest BCUT2D eigenvalue weighted by Gasteiger charge is -2.29. The van der Waals surface area contributed by atoms with E-state index in [9.17, 15) is 5.11 Å². The fraction of sp³-hybridized carbons (Fsp3) is 0.667. The topological polar surface area (TPSA) is 58.0 Å². The molecule has 0 aliphatic heterocycles. The molecule has 5 heteroatoms. The van der Waals surface area contributed by atoms with Gasteiger partial charge in [-0.2, -0.15) is 0 Å². The highest BCUT2D eigenvalue weighted by molar-refractivity contribution is 7.99. The fourth-order valence-electron chi connectivity index (χ4n) is 1.58. The second kappa shape index (κ2) is 6.33. The van der Waals surface area contributed by atoms with E-state index in [4.69, 9.17) is 0 Å². The van der Waals surface area contributed by atoms with Gasteiger partial charge in [-0.15, -0.1) is 0 Å². The van der Waals surface area contributed by atoms with Crippen LogP contribution in [0.5, 0.6) is 0 Å². The predicted octanol–water partition coefficient (Wildman–Crippen LogP) is 1.63. The molecule has 0 radical (unpaired) electrons. The molecule has 1 aromatic heterocycles. The highest BCUT2D eigenvalue weighted by Crippen LogP contribution is 2.25. The zero-order chi connectivity index (χ0) is 12.9. The van der Waals surface area contributed by atoms with E-state index in [1.165, 1.54) is 0 Å². The second-order valence-electron chi connectivity index (χ2n) is 4.58. The first-order valence-electron chi connectivity index (χ1n) is 5.75. The predicted molar refractivity (Wildman–Crippen MR) is 71.3 cm³/mol. The minimum absolute atomic E-state index is 0.128. The molecule has 0 aromatic carbocycles. The van der Waals surface area contributed by atoms with Gasteiger partial charge in [-0.3, -0.25) is 0 Å². The molecule has 0 amide bonds. The molecule has 96 valence electrons. The lowest BCUT2D eigenvalue weighted by molar-refractivity contribution is 0.174. The summed E-state index contributed by atoms with van der Waals surface area (Å²) in [4.78, 5) is 8.59. The summed E-state index contributed by atoms with van der Waals surface area (Å²) < 4.78 is 0. The van der Waals surface area contributed by atoms with Crippen LogP contribution in [0.1, 0.15) is 26.0 Å². The van der Waals surface area contributed by atoms with E-state index in [0.717, 1.165) is 17.3 Å². The minimum Gasteiger partial charge on any atom is -0.394 e. The first kappa shape index (κ1) is 14.4. The average Bonchev–Trinajstić information content (AvgIpc) is 2.28. The summed E-state index contributed by atoms with van der Waals surface area (Å²) in [7, 11) is 1.87. The molecular weight excluding hydrogens is 234 g/mol. The average molecular weight is 255 g/mol. The van der Waals surface area contributed by atoms with Gasteiger partial charge in [0.15, 0.2) is 5.16 Å². The molecule has 4 nitrogen and oxygen atoms in total. The number of hydrogen-bond donors (Lipinski definition) is 2. The quantitative estimate of drug-likeness (QED) is 0.597. The normalized spacial score (nSPS) is 16.5. The van der Waals surface area contributed by atoms with Crippen molar-refractivity contribution in [3.05, 3.63) is 18.0 Å². The van der Waals surface area contributed by atoms with Gasteiger partial charge in [0.1, 0.15) is 0 Å². The summed E-state index contributed by atoms with van der Waals surface area (Å²) in [6, 6.07) is 1.89. The molecule has 0 fully saturated rings. The van der Waals surface area contributed by atoms with Gasteiger partial charge >= 0.3 is 0 Å². The maximum atomic E-state index is 9.34. The molecule has 1 aromatic rings. The Morgan fingerprint density at radius 3 is 2.82 bits per heavy atom. The zero-order valence-corrected chi connectivity index (χ0v) is 11.7. The molecule has 2 N–H and O–H groups in total. The molecule has 17 heavy (non-hydrogen) atoms. The molecule has 0 saturated carbocycles. The number of likely N-dealkylation sites (N-methyl/N-ethyl adjacent to an activating group) is 1. The van der Waals surface area contributed by atoms with Gasteiger partial charge in [-0.1, -0.05) is 18.7 Å². The van der Waals surface area contributed by atoms with Crippen LogP contribution in [0.3, 0.4) is 0 Å². The van der Waals surface area contributed by atoms with Crippen LogP contribution < -0.4 is 5.32 Å². The van der Waals surface area contributed by atoms with Gasteiger partial charge in [0, 0.05) is 22.7 Å². The number of aryl methyl sites for hydroxylation is 1. The summed E-state index contributed by atoms with van der Waals surface area (Å²) in [5.74, 6) is 0. The van der Waals surface area contributed by atoms with Crippen molar-refractivity contribution in [3.63, 3.8) is 0 Å². The van der Waals surface area contributed by atoms with E-state index in [-0.39, 0.29) is 12.1 Å². The summed E-state index contributed by atoms with van der Waals surface area (Å²) in [5, 5.41) is 13.6. The summed E-state index contributed by atoms with van der Waals surface area (Å²) in [6.45, 7) is 6.23. The number of aliphatic hydroxyl groups is 1. The summed E-state index contributed by atoms with van der Waals surface area (Å²) in [6.07, 6.45) is 2.64. The lowest BCUT2D eigenvalue weighted by atomic mass is 9.98. The van der Waals surface area contributed by atoms with E-state index in [1.807, 2.05) is 27.0 Å². The van der Waals surface area contributed by atoms with Crippen molar-refractivity contribution in [2.75, 3.05) is 13.7 Å². The zero-order valence-electron chi connectivity index (χ0n) is 10.9. The number of aliphatic hydroxyl groups excluding tert-OH is 1. The number of nitrogens with zero attached hydrogens (tertiary/aromatic N) is 2. The summed E-state index contributed by atoms with van der Waals surface area (Å²) in [5.41, 5.74) is 0.740. The van der Waals surface area contributed by atoms with Crippen LogP contribution in [0.2, 0.25) is 0 Å². The second-order valence-corrected chi connectivity index (χ2v) is 5.99. The van der Waals surface area contributed by atoms with Crippen molar-refractivity contribution < 1.29 is 5.11 Å². The van der Waals surface area contributed by atoms with Crippen LogP contribution in [-0.4, -0.2) is 39.5 Å². The van der Waals surface area contributed by atoms with E-state index in [1.54, 1.807) is 18.0 Å². The van der Waals surface area contributed by atoms with Crippen molar-refractivity contribution in [2.24, 2.45) is 0 Å². The van der Waals surface area contributed by atoms with Gasteiger partial charge < -0.3 is 10.4 Å². The third kappa shape index (κ3) is 4.61. The van der Waals surface area contributed by atoms with Crippen molar-refractivity contribution in [2.45, 2.75) is 43.1 Å². The number of aromatic nitrogens is 2. The van der Waals surface area contributed by atoms with Gasteiger partial charge in [-0.05, 0) is 33.4 Å². The van der Waals surface area contributed by atoms with E-state index in [0.29, 0.717) is 5.25 Å². The standard InChI is InChI=1S/C12H21N3OS/c1-9-5-6-14-11(15-9)17-10(2)7-12(3,8-16)13-4/h5-6,10,13,16H,7-8H2,1-4H3. The van der Waals surface area contributed by atoms with Crippen LogP contribution in [0.4, 0.5) is 0 Å². The Bertz CT molecular complexity index is 355. The molecule has 1 heterocycles. The van der Waals surface area contributed by atoms with E-state index in [2.05, 4.69) is 22.2 Å². The van der Waals surface area contributed by atoms with Gasteiger partial charge in [0.2, 0.25) is 0 Å². The van der Waals surface area contributed by atoms with Crippen LogP contribution in [-0.2, 0) is 0 Å². The third-order valence-electron chi connectivity index (χ3n) is 2.77. The number of hydrogen-bond acceptors (Lipinski definition) is 5. The Morgan fingerprint density at radius 1 is 1.59 bits per heavy atom. The molecular formula is C12H21N3OS. The lowest BCUT2D eigenvalue weighted by Crippen LogP contribution is -2.45. The first-order valence-corrected chi connectivity index (χ1v) is 6.63. The van der Waals surface area contributed by atoms with Crippen molar-refractivity contribution in [1.82, 2.24) is 15.3 Å². The highest BCUT2D eigenvalue weighted by atomic mass is 32.2. The van der Waals surface area contributed by atoms with Crippen LogP contribution in [0.25, 0.3) is 0 Å². The highest BCUT2D eigenvalue weighted by Gasteiger charge is 2.24. The third-order valence-corrected chi connectivity index (χ3v) is 3.75. The van der Waals surface area contributed by atoms with Crippen LogP contribution in [0.15, 0.2) is 17.4 Å². The molecule has 0 bridgehead atoms. The van der Waals surface area contributed by atoms with Crippen molar-refractivity contribution in [1.29, 1.82) is 0 Å². The number of rotatable bonds is 6. The maximum absolute atomic E-state index is 9.34. The Morgan fingerprint density at radius 2 is 2.29 bits per heavy atom. The Kier molecular flexibility index (Phi) is 5.36. The SMILES string of the molecule is CNC(C)(CO)CC(C)Sc1nccc(C)n1. The molecule has 0 aliphatic rings. The largest absolute Gasteiger partial charge is 0.394 e.